The first-order valence-corrected chi connectivity index (χ1v) is 8.71. The molecule has 1 aliphatic rings. The van der Waals surface area contributed by atoms with Crippen LogP contribution in [0, 0.1) is 0 Å². The smallest absolute Gasteiger partial charge is 0.136 e. The van der Waals surface area contributed by atoms with Gasteiger partial charge < -0.3 is 9.64 Å². The lowest BCUT2D eigenvalue weighted by atomic mass is 10.1. The Balaban J connectivity index is 1.98. The van der Waals surface area contributed by atoms with E-state index < -0.39 is 0 Å². The molecule has 1 fully saturated rings. The first-order valence-electron chi connectivity index (χ1n) is 7.59. The predicted octanol–water partition coefficient (Wildman–Crippen LogP) is 4.39. The van der Waals surface area contributed by atoms with Gasteiger partial charge in [-0.15, -0.1) is 0 Å². The molecule has 0 saturated carbocycles. The second kappa shape index (κ2) is 6.65. The van der Waals surface area contributed by atoms with Crippen molar-refractivity contribution < 1.29 is 4.74 Å². The Hall–Kier alpha value is -1.29. The maximum Gasteiger partial charge on any atom is 0.136 e. The molecule has 1 saturated heterocycles. The van der Waals surface area contributed by atoms with Crippen LogP contribution in [0.25, 0.3) is 10.8 Å². The van der Waals surface area contributed by atoms with Crippen molar-refractivity contribution in [3.05, 3.63) is 30.5 Å². The van der Waals surface area contributed by atoms with Crippen LogP contribution >= 0.6 is 15.9 Å². The number of halogens is 1. The molecule has 0 spiro atoms. The van der Waals surface area contributed by atoms with E-state index in [4.69, 9.17) is 4.74 Å². The van der Waals surface area contributed by atoms with Crippen LogP contribution in [0.15, 0.2) is 30.5 Å². The fraction of sp³-hybridized carbons (Fsp3) is 0.471. The number of alkyl halides is 1. The third-order valence-electron chi connectivity index (χ3n) is 4.27. The van der Waals surface area contributed by atoms with E-state index in [0.717, 1.165) is 23.4 Å². The van der Waals surface area contributed by atoms with Crippen LogP contribution < -0.4 is 9.64 Å². The normalized spacial score (nSPS) is 18.4. The van der Waals surface area contributed by atoms with Crippen LogP contribution in [0.2, 0.25) is 0 Å². The third-order valence-corrected chi connectivity index (χ3v) is 4.83. The van der Waals surface area contributed by atoms with Crippen LogP contribution in [-0.4, -0.2) is 30.0 Å². The van der Waals surface area contributed by atoms with Gasteiger partial charge >= 0.3 is 0 Å². The summed E-state index contributed by atoms with van der Waals surface area (Å²) in [5.41, 5.74) is 0. The highest BCUT2D eigenvalue weighted by molar-refractivity contribution is 9.09. The second-order valence-electron chi connectivity index (χ2n) is 5.54. The van der Waals surface area contributed by atoms with Gasteiger partial charge in [0.15, 0.2) is 0 Å². The number of benzene rings is 1. The molecular formula is C17H21BrN2O. The lowest BCUT2D eigenvalue weighted by molar-refractivity contribution is 0.415. The van der Waals surface area contributed by atoms with Crippen LogP contribution in [-0.2, 0) is 0 Å². The van der Waals surface area contributed by atoms with E-state index in [1.165, 1.54) is 36.5 Å². The van der Waals surface area contributed by atoms with Gasteiger partial charge in [-0.05, 0) is 49.3 Å². The number of hydrogen-bond acceptors (Lipinski definition) is 3. The van der Waals surface area contributed by atoms with E-state index in [9.17, 15) is 0 Å². The molecule has 1 unspecified atom stereocenters. The highest BCUT2D eigenvalue weighted by atomic mass is 79.9. The maximum atomic E-state index is 5.38. The minimum atomic E-state index is 0.617. The Labute approximate surface area is 134 Å². The number of rotatable bonds is 5. The van der Waals surface area contributed by atoms with Crippen molar-refractivity contribution in [1.82, 2.24) is 4.98 Å². The standard InChI is InChI=1S/C17H21BrN2O/c1-21-15-7-6-13-8-10-19-17(16(13)12-15)20-11-3-5-14(20)4-2-9-18/h6-8,10,12,14H,2-5,9,11H2,1H3. The van der Waals surface area contributed by atoms with E-state index >= 15 is 0 Å². The molecule has 0 bridgehead atoms. The number of hydrogen-bond donors (Lipinski definition) is 0. The van der Waals surface area contributed by atoms with Gasteiger partial charge in [0, 0.05) is 29.5 Å². The molecule has 4 heteroatoms. The van der Waals surface area contributed by atoms with Gasteiger partial charge in [-0.1, -0.05) is 22.0 Å². The van der Waals surface area contributed by atoms with E-state index in [2.05, 4.69) is 44.0 Å². The predicted molar refractivity (Wildman–Crippen MR) is 91.7 cm³/mol. The van der Waals surface area contributed by atoms with E-state index in [0.29, 0.717) is 6.04 Å². The lowest BCUT2D eigenvalue weighted by Gasteiger charge is -2.27. The Bertz CT molecular complexity index is 617. The molecule has 1 aromatic carbocycles. The number of aromatic nitrogens is 1. The zero-order valence-electron chi connectivity index (χ0n) is 12.4. The van der Waals surface area contributed by atoms with Crippen LogP contribution in [0.3, 0.4) is 0 Å². The highest BCUT2D eigenvalue weighted by Gasteiger charge is 2.26. The Morgan fingerprint density at radius 2 is 2.29 bits per heavy atom. The molecule has 0 radical (unpaired) electrons. The number of methoxy groups -OCH3 is 1. The molecule has 0 N–H and O–H groups in total. The number of nitrogens with zero attached hydrogens (tertiary/aromatic N) is 2. The number of anilines is 1. The summed E-state index contributed by atoms with van der Waals surface area (Å²) in [5, 5.41) is 3.50. The van der Waals surface area contributed by atoms with Gasteiger partial charge in [0.25, 0.3) is 0 Å². The Morgan fingerprint density at radius 1 is 1.38 bits per heavy atom. The number of fused-ring (bicyclic) bond motifs is 1. The van der Waals surface area contributed by atoms with Gasteiger partial charge in [-0.2, -0.15) is 0 Å². The summed E-state index contributed by atoms with van der Waals surface area (Å²) in [5.74, 6) is 2.01. The average molecular weight is 349 g/mol. The number of ether oxygens (including phenoxy) is 1. The molecule has 2 heterocycles. The molecule has 21 heavy (non-hydrogen) atoms. The third kappa shape index (κ3) is 3.00. The van der Waals surface area contributed by atoms with Crippen molar-refractivity contribution in [1.29, 1.82) is 0 Å². The molecule has 112 valence electrons. The molecule has 3 rings (SSSR count). The summed E-state index contributed by atoms with van der Waals surface area (Å²) >= 11 is 3.54. The summed E-state index contributed by atoms with van der Waals surface area (Å²) in [6.07, 6.45) is 6.90. The molecular weight excluding hydrogens is 328 g/mol. The average Bonchev–Trinajstić information content (AvgIpc) is 3.00. The van der Waals surface area contributed by atoms with Crippen molar-refractivity contribution in [2.45, 2.75) is 31.7 Å². The summed E-state index contributed by atoms with van der Waals surface area (Å²) in [4.78, 5) is 7.17. The lowest BCUT2D eigenvalue weighted by Crippen LogP contribution is -2.30. The van der Waals surface area contributed by atoms with Crippen molar-refractivity contribution in [3.63, 3.8) is 0 Å². The summed E-state index contributed by atoms with van der Waals surface area (Å²) < 4.78 is 5.38. The van der Waals surface area contributed by atoms with E-state index in [-0.39, 0.29) is 0 Å². The molecule has 0 aliphatic carbocycles. The maximum absolute atomic E-state index is 5.38. The monoisotopic (exact) mass is 348 g/mol. The summed E-state index contributed by atoms with van der Waals surface area (Å²) in [6.45, 7) is 1.11. The van der Waals surface area contributed by atoms with E-state index in [1.54, 1.807) is 7.11 Å². The summed E-state index contributed by atoms with van der Waals surface area (Å²) in [6, 6.07) is 8.92. The highest BCUT2D eigenvalue weighted by Crippen LogP contribution is 2.33. The Morgan fingerprint density at radius 3 is 3.10 bits per heavy atom. The van der Waals surface area contributed by atoms with Gasteiger partial charge in [0.1, 0.15) is 11.6 Å². The first kappa shape index (κ1) is 14.6. The van der Waals surface area contributed by atoms with Gasteiger partial charge in [-0.3, -0.25) is 0 Å². The molecule has 0 amide bonds. The minimum absolute atomic E-state index is 0.617. The van der Waals surface area contributed by atoms with Crippen molar-refractivity contribution in [2.24, 2.45) is 0 Å². The quantitative estimate of drug-likeness (QED) is 0.749. The molecule has 1 aliphatic heterocycles. The van der Waals surface area contributed by atoms with Crippen LogP contribution in [0.1, 0.15) is 25.7 Å². The molecule has 3 nitrogen and oxygen atoms in total. The zero-order valence-corrected chi connectivity index (χ0v) is 14.0. The fourth-order valence-electron chi connectivity index (χ4n) is 3.22. The van der Waals surface area contributed by atoms with Crippen LogP contribution in [0.5, 0.6) is 5.75 Å². The SMILES string of the molecule is COc1ccc2ccnc(N3CCCC3CCCBr)c2c1. The number of pyridine rings is 1. The molecule has 1 aromatic heterocycles. The van der Waals surface area contributed by atoms with E-state index in [1.807, 2.05) is 12.3 Å². The summed E-state index contributed by atoms with van der Waals surface area (Å²) in [7, 11) is 1.71. The van der Waals surface area contributed by atoms with Gasteiger partial charge in [0.2, 0.25) is 0 Å². The second-order valence-corrected chi connectivity index (χ2v) is 6.34. The topological polar surface area (TPSA) is 25.4 Å². The van der Waals surface area contributed by atoms with Crippen molar-refractivity contribution in [2.75, 3.05) is 23.9 Å². The zero-order chi connectivity index (χ0) is 14.7. The van der Waals surface area contributed by atoms with Crippen molar-refractivity contribution >= 4 is 32.5 Å². The molecule has 1 atom stereocenters. The minimum Gasteiger partial charge on any atom is -0.497 e. The van der Waals surface area contributed by atoms with Crippen LogP contribution in [0.4, 0.5) is 5.82 Å². The van der Waals surface area contributed by atoms with Crippen molar-refractivity contribution in [3.8, 4) is 5.75 Å². The Kier molecular flexibility index (Phi) is 4.63. The largest absolute Gasteiger partial charge is 0.497 e. The fourth-order valence-corrected chi connectivity index (χ4v) is 3.54. The van der Waals surface area contributed by atoms with Gasteiger partial charge in [-0.25, -0.2) is 4.98 Å². The first-order chi connectivity index (χ1) is 10.3. The molecule has 2 aromatic rings. The van der Waals surface area contributed by atoms with Gasteiger partial charge in [0.05, 0.1) is 7.11 Å².